The van der Waals surface area contributed by atoms with Gasteiger partial charge in [-0.1, -0.05) is 30.3 Å². The highest BCUT2D eigenvalue weighted by Crippen LogP contribution is 2.19. The molecule has 158 valence electrons. The second-order valence-electron chi connectivity index (χ2n) is 7.19. The van der Waals surface area contributed by atoms with E-state index in [0.717, 1.165) is 33.5 Å². The number of hydrogen-bond acceptors (Lipinski definition) is 4. The summed E-state index contributed by atoms with van der Waals surface area (Å²) in [7, 11) is 1.65. The van der Waals surface area contributed by atoms with Crippen molar-refractivity contribution in [3.63, 3.8) is 0 Å². The van der Waals surface area contributed by atoms with Crippen LogP contribution in [-0.4, -0.2) is 29.4 Å². The second kappa shape index (κ2) is 9.34. The van der Waals surface area contributed by atoms with Gasteiger partial charge in [0.1, 0.15) is 11.5 Å². The summed E-state index contributed by atoms with van der Waals surface area (Å²) in [6.07, 6.45) is 1.82. The highest BCUT2D eigenvalue weighted by molar-refractivity contribution is 5.97. The van der Waals surface area contributed by atoms with Gasteiger partial charge in [-0.3, -0.25) is 9.48 Å². The van der Waals surface area contributed by atoms with Gasteiger partial charge in [-0.05, 0) is 54.4 Å². The average molecular weight is 415 g/mol. The van der Waals surface area contributed by atoms with Crippen molar-refractivity contribution in [1.29, 1.82) is 0 Å². The number of aromatic nitrogens is 2. The number of hydrogen-bond donors (Lipinski definition) is 1. The van der Waals surface area contributed by atoms with Crippen molar-refractivity contribution in [2.45, 2.75) is 20.0 Å². The minimum absolute atomic E-state index is 0.120. The van der Waals surface area contributed by atoms with Gasteiger partial charge >= 0.3 is 0 Å². The smallest absolute Gasteiger partial charge is 0.251 e. The van der Waals surface area contributed by atoms with Crippen LogP contribution in [0.15, 0.2) is 72.9 Å². The number of ether oxygens (including phenoxy) is 2. The lowest BCUT2D eigenvalue weighted by Crippen LogP contribution is -2.22. The zero-order valence-corrected chi connectivity index (χ0v) is 17.7. The van der Waals surface area contributed by atoms with E-state index in [1.54, 1.807) is 7.11 Å². The first-order valence-corrected chi connectivity index (χ1v) is 10.2. The lowest BCUT2D eigenvalue weighted by molar-refractivity contribution is 0.0951. The second-order valence-corrected chi connectivity index (χ2v) is 7.19. The van der Waals surface area contributed by atoms with Crippen molar-refractivity contribution in [3.8, 4) is 11.5 Å². The molecule has 0 fully saturated rings. The number of nitrogens with zero attached hydrogens (tertiary/aromatic N) is 2. The zero-order valence-electron chi connectivity index (χ0n) is 17.7. The minimum Gasteiger partial charge on any atom is -0.497 e. The minimum atomic E-state index is -0.120. The Kier molecular flexibility index (Phi) is 6.17. The third-order valence-electron chi connectivity index (χ3n) is 5.06. The van der Waals surface area contributed by atoms with Crippen LogP contribution in [0, 0.1) is 0 Å². The summed E-state index contributed by atoms with van der Waals surface area (Å²) in [6, 6.07) is 21.3. The summed E-state index contributed by atoms with van der Waals surface area (Å²) in [6.45, 7) is 3.63. The van der Waals surface area contributed by atoms with E-state index in [-0.39, 0.29) is 5.91 Å². The van der Waals surface area contributed by atoms with Gasteiger partial charge in [0.05, 0.1) is 32.0 Å². The molecule has 6 nitrogen and oxygen atoms in total. The molecule has 0 radical (unpaired) electrons. The molecule has 1 amide bonds. The van der Waals surface area contributed by atoms with E-state index >= 15 is 0 Å². The lowest BCUT2D eigenvalue weighted by atomic mass is 10.1. The Morgan fingerprint density at radius 1 is 1.00 bits per heavy atom. The van der Waals surface area contributed by atoms with Crippen molar-refractivity contribution >= 4 is 16.8 Å². The molecule has 0 aliphatic heterocycles. The topological polar surface area (TPSA) is 65.4 Å². The monoisotopic (exact) mass is 415 g/mol. The van der Waals surface area contributed by atoms with E-state index in [4.69, 9.17) is 9.47 Å². The fourth-order valence-electron chi connectivity index (χ4n) is 3.44. The molecule has 0 saturated heterocycles. The number of methoxy groups -OCH3 is 1. The Labute approximate surface area is 181 Å². The number of rotatable bonds is 8. The molecule has 3 aromatic carbocycles. The average Bonchev–Trinajstić information content (AvgIpc) is 3.20. The highest BCUT2D eigenvalue weighted by atomic mass is 16.5. The molecule has 0 unspecified atom stereocenters. The molecular weight excluding hydrogens is 390 g/mol. The van der Waals surface area contributed by atoms with Crippen molar-refractivity contribution < 1.29 is 14.3 Å². The number of carbonyl (C=O) groups is 1. The first kappa shape index (κ1) is 20.5. The Bertz CT molecular complexity index is 1180. The summed E-state index contributed by atoms with van der Waals surface area (Å²) in [5, 5.41) is 8.47. The number of nitrogens with one attached hydrogen (secondary N) is 1. The Morgan fingerprint density at radius 2 is 1.84 bits per heavy atom. The first-order valence-electron chi connectivity index (χ1n) is 10.2. The molecule has 31 heavy (non-hydrogen) atoms. The van der Waals surface area contributed by atoms with E-state index in [0.29, 0.717) is 25.3 Å². The molecule has 0 aliphatic rings. The van der Waals surface area contributed by atoms with Gasteiger partial charge in [-0.2, -0.15) is 5.10 Å². The molecule has 0 atom stereocenters. The van der Waals surface area contributed by atoms with Crippen LogP contribution in [-0.2, 0) is 13.1 Å². The number of carbonyl (C=O) groups excluding carboxylic acids is 1. The summed E-state index contributed by atoms with van der Waals surface area (Å²) >= 11 is 0. The molecule has 6 heteroatoms. The number of benzene rings is 3. The van der Waals surface area contributed by atoms with E-state index in [9.17, 15) is 4.79 Å². The van der Waals surface area contributed by atoms with E-state index in [1.165, 1.54) is 0 Å². The lowest BCUT2D eigenvalue weighted by Gasteiger charge is -2.09. The van der Waals surface area contributed by atoms with Crippen molar-refractivity contribution in [2.75, 3.05) is 13.7 Å². The first-order chi connectivity index (χ1) is 15.2. The Morgan fingerprint density at radius 3 is 2.61 bits per heavy atom. The fraction of sp³-hybridized carbons (Fsp3) is 0.200. The predicted octanol–water partition coefficient (Wildman–Crippen LogP) is 4.42. The van der Waals surface area contributed by atoms with Crippen LogP contribution in [0.4, 0.5) is 0 Å². The van der Waals surface area contributed by atoms with Gasteiger partial charge in [0, 0.05) is 17.5 Å². The predicted molar refractivity (Wildman–Crippen MR) is 121 cm³/mol. The largest absolute Gasteiger partial charge is 0.497 e. The van der Waals surface area contributed by atoms with Crippen LogP contribution >= 0.6 is 0 Å². The van der Waals surface area contributed by atoms with Crippen LogP contribution < -0.4 is 14.8 Å². The SMILES string of the molecule is CCOc1ccc(CNC(=O)c2ccc3cnn(Cc4cccc(OC)c4)c3c2)cc1. The van der Waals surface area contributed by atoms with Gasteiger partial charge in [-0.15, -0.1) is 0 Å². The molecule has 4 aromatic rings. The number of fused-ring (bicyclic) bond motifs is 1. The summed E-state index contributed by atoms with van der Waals surface area (Å²) in [5.74, 6) is 1.51. The van der Waals surface area contributed by atoms with Crippen molar-refractivity contribution in [1.82, 2.24) is 15.1 Å². The van der Waals surface area contributed by atoms with E-state index in [1.807, 2.05) is 84.5 Å². The standard InChI is InChI=1S/C25H25N3O3/c1-3-31-22-11-7-18(8-12-22)15-26-25(29)20-9-10-21-16-27-28(24(21)14-20)17-19-5-4-6-23(13-19)30-2/h4-14,16H,3,15,17H2,1-2H3,(H,26,29). The van der Waals surface area contributed by atoms with Crippen molar-refractivity contribution in [3.05, 3.63) is 89.6 Å². The molecular formula is C25H25N3O3. The third-order valence-corrected chi connectivity index (χ3v) is 5.06. The molecule has 0 spiro atoms. The molecule has 0 aliphatic carbocycles. The fourth-order valence-corrected chi connectivity index (χ4v) is 3.44. The normalized spacial score (nSPS) is 10.8. The van der Waals surface area contributed by atoms with Crippen LogP contribution in [0.2, 0.25) is 0 Å². The van der Waals surface area contributed by atoms with Gasteiger partial charge in [0.15, 0.2) is 0 Å². The maximum atomic E-state index is 12.7. The maximum Gasteiger partial charge on any atom is 0.251 e. The maximum absolute atomic E-state index is 12.7. The Hall–Kier alpha value is -3.80. The summed E-state index contributed by atoms with van der Waals surface area (Å²) in [4.78, 5) is 12.7. The third kappa shape index (κ3) is 4.86. The molecule has 4 rings (SSSR count). The van der Waals surface area contributed by atoms with Crippen LogP contribution in [0.1, 0.15) is 28.4 Å². The van der Waals surface area contributed by atoms with Crippen molar-refractivity contribution in [2.24, 2.45) is 0 Å². The quantitative estimate of drug-likeness (QED) is 0.463. The van der Waals surface area contributed by atoms with Gasteiger partial charge in [0.2, 0.25) is 0 Å². The Balaban J connectivity index is 1.47. The van der Waals surface area contributed by atoms with Crippen LogP contribution in [0.5, 0.6) is 11.5 Å². The van der Waals surface area contributed by atoms with E-state index < -0.39 is 0 Å². The summed E-state index contributed by atoms with van der Waals surface area (Å²) in [5.41, 5.74) is 3.61. The summed E-state index contributed by atoms with van der Waals surface area (Å²) < 4.78 is 12.7. The highest BCUT2D eigenvalue weighted by Gasteiger charge is 2.10. The molecule has 1 N–H and O–H groups in total. The number of amides is 1. The zero-order chi connectivity index (χ0) is 21.6. The molecule has 1 heterocycles. The molecule has 1 aromatic heterocycles. The molecule has 0 saturated carbocycles. The van der Waals surface area contributed by atoms with Gasteiger partial charge in [-0.25, -0.2) is 0 Å². The van der Waals surface area contributed by atoms with Crippen LogP contribution in [0.3, 0.4) is 0 Å². The van der Waals surface area contributed by atoms with E-state index in [2.05, 4.69) is 10.4 Å². The van der Waals surface area contributed by atoms with Gasteiger partial charge < -0.3 is 14.8 Å². The van der Waals surface area contributed by atoms with Gasteiger partial charge in [0.25, 0.3) is 5.91 Å². The molecule has 0 bridgehead atoms. The van der Waals surface area contributed by atoms with Crippen LogP contribution in [0.25, 0.3) is 10.9 Å².